The van der Waals surface area contributed by atoms with Gasteiger partial charge < -0.3 is 0 Å². The molecule has 0 aliphatic carbocycles. The standard InChI is InChI=1S/C11H8BrNO3S2/c12-9-6-7-10(17-9)18(15,16)13-11(14)8-4-2-1-3-5-8/h1-7H,(H,13,14). The lowest BCUT2D eigenvalue weighted by molar-refractivity contribution is 0.0981. The maximum Gasteiger partial charge on any atom is 0.273 e. The highest BCUT2D eigenvalue weighted by Crippen LogP contribution is 2.25. The summed E-state index contributed by atoms with van der Waals surface area (Å²) in [6, 6.07) is 11.3. The van der Waals surface area contributed by atoms with Crippen LogP contribution < -0.4 is 4.72 Å². The van der Waals surface area contributed by atoms with Crippen molar-refractivity contribution in [3.8, 4) is 0 Å². The molecule has 0 atom stereocenters. The Labute approximate surface area is 117 Å². The molecule has 1 N–H and O–H groups in total. The Hall–Kier alpha value is -1.18. The van der Waals surface area contributed by atoms with Crippen LogP contribution in [0.25, 0.3) is 0 Å². The predicted molar refractivity (Wildman–Crippen MR) is 73.1 cm³/mol. The molecule has 0 bridgehead atoms. The third kappa shape index (κ3) is 2.98. The summed E-state index contributed by atoms with van der Waals surface area (Å²) < 4.78 is 26.6. The van der Waals surface area contributed by atoms with Crippen molar-refractivity contribution in [2.45, 2.75) is 4.21 Å². The molecule has 0 radical (unpaired) electrons. The average Bonchev–Trinajstić information content (AvgIpc) is 2.77. The first kappa shape index (κ1) is 13.3. The van der Waals surface area contributed by atoms with Gasteiger partial charge in [0, 0.05) is 5.56 Å². The number of amides is 1. The van der Waals surface area contributed by atoms with Crippen LogP contribution in [-0.4, -0.2) is 14.3 Å². The second kappa shape index (κ2) is 5.21. The Kier molecular flexibility index (Phi) is 3.84. The molecule has 1 aromatic heterocycles. The van der Waals surface area contributed by atoms with Gasteiger partial charge in [0.05, 0.1) is 3.79 Å². The average molecular weight is 346 g/mol. The molecule has 94 valence electrons. The van der Waals surface area contributed by atoms with Gasteiger partial charge in [-0.2, -0.15) is 0 Å². The van der Waals surface area contributed by atoms with Crippen molar-refractivity contribution in [2.24, 2.45) is 0 Å². The SMILES string of the molecule is O=C(NS(=O)(=O)c1ccc(Br)s1)c1ccccc1. The molecule has 1 aromatic carbocycles. The molecule has 1 heterocycles. The number of hydrogen-bond donors (Lipinski definition) is 1. The van der Waals surface area contributed by atoms with Crippen molar-refractivity contribution in [3.63, 3.8) is 0 Å². The van der Waals surface area contributed by atoms with Crippen molar-refractivity contribution in [1.82, 2.24) is 4.72 Å². The lowest BCUT2D eigenvalue weighted by Crippen LogP contribution is -2.29. The summed E-state index contributed by atoms with van der Waals surface area (Å²) in [6.45, 7) is 0. The summed E-state index contributed by atoms with van der Waals surface area (Å²) in [6.07, 6.45) is 0. The molecule has 18 heavy (non-hydrogen) atoms. The molecule has 0 spiro atoms. The molecule has 0 aliphatic rings. The summed E-state index contributed by atoms with van der Waals surface area (Å²) in [5, 5.41) is 0. The smallest absolute Gasteiger partial charge is 0.268 e. The van der Waals surface area contributed by atoms with Crippen molar-refractivity contribution in [2.75, 3.05) is 0 Å². The van der Waals surface area contributed by atoms with Gasteiger partial charge in [0.1, 0.15) is 4.21 Å². The number of sulfonamides is 1. The Morgan fingerprint density at radius 1 is 1.11 bits per heavy atom. The topological polar surface area (TPSA) is 63.2 Å². The number of hydrogen-bond acceptors (Lipinski definition) is 4. The van der Waals surface area contributed by atoms with E-state index in [1.807, 2.05) is 4.72 Å². The van der Waals surface area contributed by atoms with Crippen LogP contribution in [0.4, 0.5) is 0 Å². The van der Waals surface area contributed by atoms with Gasteiger partial charge in [0.15, 0.2) is 0 Å². The monoisotopic (exact) mass is 345 g/mol. The van der Waals surface area contributed by atoms with Crippen LogP contribution in [0.2, 0.25) is 0 Å². The fourth-order valence-electron chi connectivity index (χ4n) is 1.26. The Morgan fingerprint density at radius 3 is 2.33 bits per heavy atom. The van der Waals surface area contributed by atoms with Gasteiger partial charge in [-0.05, 0) is 40.2 Å². The predicted octanol–water partition coefficient (Wildman–Crippen LogP) is 2.63. The summed E-state index contributed by atoms with van der Waals surface area (Å²) >= 11 is 4.22. The van der Waals surface area contributed by atoms with Crippen molar-refractivity contribution < 1.29 is 13.2 Å². The van der Waals surface area contributed by atoms with E-state index in [9.17, 15) is 13.2 Å². The number of carbonyl (C=O) groups is 1. The molecule has 0 fully saturated rings. The molecule has 0 unspecified atom stereocenters. The van der Waals surface area contributed by atoms with E-state index in [1.54, 1.807) is 36.4 Å². The van der Waals surface area contributed by atoms with Gasteiger partial charge in [0.25, 0.3) is 15.9 Å². The zero-order chi connectivity index (χ0) is 13.2. The quantitative estimate of drug-likeness (QED) is 0.929. The second-order valence-corrected chi connectivity index (χ2v) is 7.73. The summed E-state index contributed by atoms with van der Waals surface area (Å²) in [4.78, 5) is 11.7. The van der Waals surface area contributed by atoms with Crippen molar-refractivity contribution >= 4 is 43.2 Å². The molecule has 4 nitrogen and oxygen atoms in total. The van der Waals surface area contributed by atoms with E-state index in [1.165, 1.54) is 6.07 Å². The molecule has 0 saturated heterocycles. The van der Waals surface area contributed by atoms with Gasteiger partial charge >= 0.3 is 0 Å². The van der Waals surface area contributed by atoms with E-state index in [0.717, 1.165) is 11.3 Å². The van der Waals surface area contributed by atoms with Crippen LogP contribution in [-0.2, 0) is 10.0 Å². The number of halogens is 1. The number of thiophene rings is 1. The lowest BCUT2D eigenvalue weighted by atomic mass is 10.2. The Morgan fingerprint density at radius 2 is 1.78 bits per heavy atom. The highest BCUT2D eigenvalue weighted by atomic mass is 79.9. The fourth-order valence-corrected chi connectivity index (χ4v) is 4.25. The first-order valence-electron chi connectivity index (χ1n) is 4.86. The van der Waals surface area contributed by atoms with Crippen molar-refractivity contribution in [1.29, 1.82) is 0 Å². The van der Waals surface area contributed by atoms with Crippen LogP contribution in [0.3, 0.4) is 0 Å². The third-order valence-corrected chi connectivity index (χ3v) is 5.52. The van der Waals surface area contributed by atoms with Crippen molar-refractivity contribution in [3.05, 3.63) is 51.8 Å². The molecular formula is C11H8BrNO3S2. The second-order valence-electron chi connectivity index (χ2n) is 3.36. The Bertz CT molecular complexity index is 665. The zero-order valence-corrected chi connectivity index (χ0v) is 12.2. The molecule has 0 saturated carbocycles. The maximum absolute atomic E-state index is 11.9. The number of nitrogens with one attached hydrogen (secondary N) is 1. The van der Waals surface area contributed by atoms with Crippen LogP contribution in [0.1, 0.15) is 10.4 Å². The Balaban J connectivity index is 2.22. The van der Waals surface area contributed by atoms with Gasteiger partial charge in [-0.3, -0.25) is 4.79 Å². The summed E-state index contributed by atoms with van der Waals surface area (Å²) in [5.74, 6) is -0.639. The maximum atomic E-state index is 11.9. The van der Waals surface area contributed by atoms with E-state index in [-0.39, 0.29) is 4.21 Å². The van der Waals surface area contributed by atoms with Gasteiger partial charge in [-0.1, -0.05) is 18.2 Å². The lowest BCUT2D eigenvalue weighted by Gasteiger charge is -2.04. The normalized spacial score (nSPS) is 11.2. The van der Waals surface area contributed by atoms with Gasteiger partial charge in [-0.15, -0.1) is 11.3 Å². The highest BCUT2D eigenvalue weighted by Gasteiger charge is 2.20. The number of carbonyl (C=O) groups excluding carboxylic acids is 1. The van der Waals surface area contributed by atoms with E-state index < -0.39 is 15.9 Å². The minimum absolute atomic E-state index is 0.0960. The minimum atomic E-state index is -3.80. The van der Waals surface area contributed by atoms with Crippen LogP contribution in [0, 0.1) is 0 Å². The zero-order valence-electron chi connectivity index (χ0n) is 8.96. The largest absolute Gasteiger partial charge is 0.273 e. The van der Waals surface area contributed by atoms with Crippen LogP contribution in [0.5, 0.6) is 0 Å². The minimum Gasteiger partial charge on any atom is -0.268 e. The summed E-state index contributed by atoms with van der Waals surface area (Å²) in [7, 11) is -3.80. The fraction of sp³-hybridized carbons (Fsp3) is 0. The van der Waals surface area contributed by atoms with Gasteiger partial charge in [-0.25, -0.2) is 13.1 Å². The molecule has 7 heteroatoms. The first-order valence-corrected chi connectivity index (χ1v) is 7.96. The highest BCUT2D eigenvalue weighted by molar-refractivity contribution is 9.11. The number of rotatable bonds is 3. The molecule has 2 aromatic rings. The van der Waals surface area contributed by atoms with E-state index in [2.05, 4.69) is 15.9 Å². The first-order chi connectivity index (χ1) is 8.49. The van der Waals surface area contributed by atoms with Crippen LogP contribution >= 0.6 is 27.3 Å². The van der Waals surface area contributed by atoms with E-state index >= 15 is 0 Å². The molecule has 2 rings (SSSR count). The molecule has 1 amide bonds. The van der Waals surface area contributed by atoms with Crippen LogP contribution in [0.15, 0.2) is 50.5 Å². The number of benzene rings is 1. The summed E-state index contributed by atoms with van der Waals surface area (Å²) in [5.41, 5.74) is 0.302. The third-order valence-electron chi connectivity index (χ3n) is 2.08. The van der Waals surface area contributed by atoms with Gasteiger partial charge in [0.2, 0.25) is 0 Å². The van der Waals surface area contributed by atoms with E-state index in [4.69, 9.17) is 0 Å². The van der Waals surface area contributed by atoms with E-state index in [0.29, 0.717) is 9.35 Å². The molecular weight excluding hydrogens is 338 g/mol. The molecule has 0 aliphatic heterocycles.